The third kappa shape index (κ3) is 4.19. The van der Waals surface area contributed by atoms with Gasteiger partial charge in [-0.25, -0.2) is 8.42 Å². The van der Waals surface area contributed by atoms with Crippen LogP contribution in [0.1, 0.15) is 32.8 Å². The highest BCUT2D eigenvalue weighted by Crippen LogP contribution is 2.29. The van der Waals surface area contributed by atoms with Crippen LogP contribution in [-0.2, 0) is 15.4 Å². The molecular weight excluding hydrogens is 353 g/mol. The van der Waals surface area contributed by atoms with E-state index in [9.17, 15) is 8.42 Å². The third-order valence-corrected chi connectivity index (χ3v) is 6.14. The molecule has 0 aliphatic heterocycles. The molecule has 0 aliphatic rings. The first kappa shape index (κ1) is 18.1. The van der Waals surface area contributed by atoms with Gasteiger partial charge in [0.25, 0.3) is 10.0 Å². The standard InChI is InChI=1S/C17H19Cl2NO2S/c1-4-17(2,3)12-5-8-14(9-6-12)23(21,22)20-13-7-10-15(18)16(19)11-13/h5-11,20H,4H2,1-3H3. The van der Waals surface area contributed by atoms with Gasteiger partial charge in [0.2, 0.25) is 0 Å². The van der Waals surface area contributed by atoms with Gasteiger partial charge in [0.05, 0.1) is 20.6 Å². The summed E-state index contributed by atoms with van der Waals surface area (Å²) in [4.78, 5) is 0.208. The summed E-state index contributed by atoms with van der Waals surface area (Å²) >= 11 is 11.7. The number of benzene rings is 2. The van der Waals surface area contributed by atoms with Gasteiger partial charge in [0.15, 0.2) is 0 Å². The molecule has 6 heteroatoms. The minimum atomic E-state index is -3.66. The predicted molar refractivity (Wildman–Crippen MR) is 97.0 cm³/mol. The molecule has 2 aromatic carbocycles. The summed E-state index contributed by atoms with van der Waals surface area (Å²) in [5.74, 6) is 0. The van der Waals surface area contributed by atoms with E-state index < -0.39 is 10.0 Å². The van der Waals surface area contributed by atoms with Crippen molar-refractivity contribution < 1.29 is 8.42 Å². The van der Waals surface area contributed by atoms with Crippen molar-refractivity contribution in [1.82, 2.24) is 0 Å². The Morgan fingerprint density at radius 3 is 2.13 bits per heavy atom. The summed E-state index contributed by atoms with van der Waals surface area (Å²) < 4.78 is 27.4. The number of hydrogen-bond donors (Lipinski definition) is 1. The number of halogens is 2. The molecule has 0 aliphatic carbocycles. The highest BCUT2D eigenvalue weighted by Gasteiger charge is 2.20. The monoisotopic (exact) mass is 371 g/mol. The van der Waals surface area contributed by atoms with Crippen LogP contribution >= 0.6 is 23.2 Å². The lowest BCUT2D eigenvalue weighted by Gasteiger charge is -2.23. The molecule has 0 bridgehead atoms. The van der Waals surface area contributed by atoms with E-state index in [4.69, 9.17) is 23.2 Å². The topological polar surface area (TPSA) is 46.2 Å². The van der Waals surface area contributed by atoms with Crippen molar-refractivity contribution in [1.29, 1.82) is 0 Å². The third-order valence-electron chi connectivity index (χ3n) is 4.00. The van der Waals surface area contributed by atoms with Crippen molar-refractivity contribution in [2.75, 3.05) is 4.72 Å². The second-order valence-electron chi connectivity index (χ2n) is 6.00. The summed E-state index contributed by atoms with van der Waals surface area (Å²) in [6, 6.07) is 11.5. The largest absolute Gasteiger partial charge is 0.280 e. The molecule has 0 radical (unpaired) electrons. The number of sulfonamides is 1. The number of rotatable bonds is 5. The van der Waals surface area contributed by atoms with E-state index in [0.29, 0.717) is 15.7 Å². The Balaban J connectivity index is 2.27. The minimum Gasteiger partial charge on any atom is -0.280 e. The van der Waals surface area contributed by atoms with Crippen molar-refractivity contribution >= 4 is 38.9 Å². The van der Waals surface area contributed by atoms with Crippen LogP contribution in [0.2, 0.25) is 10.0 Å². The lowest BCUT2D eigenvalue weighted by molar-refractivity contribution is 0.506. The molecule has 0 heterocycles. The van der Waals surface area contributed by atoms with Gasteiger partial charge in [-0.2, -0.15) is 0 Å². The predicted octanol–water partition coefficient (Wildman–Crippen LogP) is 5.48. The van der Waals surface area contributed by atoms with Gasteiger partial charge < -0.3 is 0 Å². The molecular formula is C17H19Cl2NO2S. The molecule has 0 spiro atoms. The smallest absolute Gasteiger partial charge is 0.261 e. The molecule has 0 saturated carbocycles. The maximum absolute atomic E-state index is 12.4. The van der Waals surface area contributed by atoms with Gasteiger partial charge in [-0.1, -0.05) is 56.1 Å². The van der Waals surface area contributed by atoms with Crippen LogP contribution in [0.25, 0.3) is 0 Å². The second-order valence-corrected chi connectivity index (χ2v) is 8.49. The van der Waals surface area contributed by atoms with E-state index in [0.717, 1.165) is 12.0 Å². The maximum Gasteiger partial charge on any atom is 0.261 e. The van der Waals surface area contributed by atoms with Gasteiger partial charge >= 0.3 is 0 Å². The van der Waals surface area contributed by atoms with Gasteiger partial charge in [0, 0.05) is 0 Å². The van der Waals surface area contributed by atoms with Crippen molar-refractivity contribution in [3.63, 3.8) is 0 Å². The van der Waals surface area contributed by atoms with Gasteiger partial charge in [0.1, 0.15) is 0 Å². The van der Waals surface area contributed by atoms with E-state index in [1.807, 2.05) is 12.1 Å². The van der Waals surface area contributed by atoms with Gasteiger partial charge in [-0.05, 0) is 47.7 Å². The first-order chi connectivity index (χ1) is 10.7. The highest BCUT2D eigenvalue weighted by atomic mass is 35.5. The van der Waals surface area contributed by atoms with Crippen LogP contribution in [0.15, 0.2) is 47.4 Å². The first-order valence-corrected chi connectivity index (χ1v) is 9.48. The Morgan fingerprint density at radius 1 is 1.00 bits per heavy atom. The molecule has 2 rings (SSSR count). The minimum absolute atomic E-state index is 0.0133. The first-order valence-electron chi connectivity index (χ1n) is 7.24. The SMILES string of the molecule is CCC(C)(C)c1ccc(S(=O)(=O)Nc2ccc(Cl)c(Cl)c2)cc1. The molecule has 0 atom stereocenters. The Bertz CT molecular complexity index is 800. The summed E-state index contributed by atoms with van der Waals surface area (Å²) in [6.07, 6.45) is 0.973. The average Bonchev–Trinajstić information content (AvgIpc) is 2.51. The van der Waals surface area contributed by atoms with E-state index >= 15 is 0 Å². The van der Waals surface area contributed by atoms with Crippen LogP contribution in [0.5, 0.6) is 0 Å². The van der Waals surface area contributed by atoms with Crippen LogP contribution < -0.4 is 4.72 Å². The second kappa shape index (κ2) is 6.71. The maximum atomic E-state index is 12.4. The average molecular weight is 372 g/mol. The lowest BCUT2D eigenvalue weighted by Crippen LogP contribution is -2.16. The molecule has 3 nitrogen and oxygen atoms in total. The number of nitrogens with one attached hydrogen (secondary N) is 1. The zero-order valence-corrected chi connectivity index (χ0v) is 15.6. The van der Waals surface area contributed by atoms with Crippen molar-refractivity contribution in [3.8, 4) is 0 Å². The molecule has 0 aromatic heterocycles. The van der Waals surface area contributed by atoms with Crippen LogP contribution in [0.3, 0.4) is 0 Å². The number of hydrogen-bond acceptors (Lipinski definition) is 2. The highest BCUT2D eigenvalue weighted by molar-refractivity contribution is 7.92. The van der Waals surface area contributed by atoms with E-state index in [2.05, 4.69) is 25.5 Å². The van der Waals surface area contributed by atoms with Crippen molar-refractivity contribution in [3.05, 3.63) is 58.1 Å². The zero-order valence-electron chi connectivity index (χ0n) is 13.2. The molecule has 0 unspecified atom stereocenters. The molecule has 0 amide bonds. The van der Waals surface area contributed by atoms with Crippen molar-refractivity contribution in [2.24, 2.45) is 0 Å². The van der Waals surface area contributed by atoms with Crippen molar-refractivity contribution in [2.45, 2.75) is 37.5 Å². The van der Waals surface area contributed by atoms with Crippen LogP contribution in [0, 0.1) is 0 Å². The fourth-order valence-electron chi connectivity index (χ4n) is 2.06. The Kier molecular flexibility index (Phi) is 5.29. The molecule has 0 fully saturated rings. The summed E-state index contributed by atoms with van der Waals surface area (Å²) in [5.41, 5.74) is 1.49. The Labute approximate surface area is 147 Å². The van der Waals surface area contributed by atoms with E-state index in [1.54, 1.807) is 24.3 Å². The fourth-order valence-corrected chi connectivity index (χ4v) is 3.41. The molecule has 0 saturated heterocycles. The summed E-state index contributed by atoms with van der Waals surface area (Å²) in [7, 11) is -3.66. The summed E-state index contributed by atoms with van der Waals surface area (Å²) in [6.45, 7) is 6.37. The van der Waals surface area contributed by atoms with Crippen LogP contribution in [-0.4, -0.2) is 8.42 Å². The van der Waals surface area contributed by atoms with Gasteiger partial charge in [-0.3, -0.25) is 4.72 Å². The molecule has 124 valence electrons. The zero-order chi connectivity index (χ0) is 17.3. The molecule has 1 N–H and O–H groups in total. The van der Waals surface area contributed by atoms with E-state index in [1.165, 1.54) is 6.07 Å². The normalized spacial score (nSPS) is 12.2. The van der Waals surface area contributed by atoms with Crippen LogP contribution in [0.4, 0.5) is 5.69 Å². The van der Waals surface area contributed by atoms with E-state index in [-0.39, 0.29) is 10.3 Å². The lowest BCUT2D eigenvalue weighted by atomic mass is 9.82. The number of anilines is 1. The molecule has 2 aromatic rings. The Hall–Kier alpha value is -1.23. The van der Waals surface area contributed by atoms with Gasteiger partial charge in [-0.15, -0.1) is 0 Å². The molecule has 23 heavy (non-hydrogen) atoms. The summed E-state index contributed by atoms with van der Waals surface area (Å²) in [5, 5.41) is 0.674. The fraction of sp³-hybridized carbons (Fsp3) is 0.294. The Morgan fingerprint density at radius 2 is 1.61 bits per heavy atom. The quantitative estimate of drug-likeness (QED) is 0.755.